The maximum Gasteiger partial charge on any atom is 0.193 e. The van der Waals surface area contributed by atoms with Gasteiger partial charge in [0.25, 0.3) is 0 Å². The summed E-state index contributed by atoms with van der Waals surface area (Å²) in [6.07, 6.45) is 5.48. The van der Waals surface area contributed by atoms with Crippen LogP contribution in [0.15, 0.2) is 4.99 Å². The highest BCUT2D eigenvalue weighted by molar-refractivity contribution is 5.80. The Morgan fingerprint density at radius 2 is 2.05 bits per heavy atom. The van der Waals surface area contributed by atoms with Gasteiger partial charge in [-0.25, -0.2) is 0 Å². The normalized spacial score (nSPS) is 30.1. The molecule has 0 aromatic heterocycles. The molecule has 2 aliphatic heterocycles. The second kappa shape index (κ2) is 6.15. The lowest BCUT2D eigenvalue weighted by Crippen LogP contribution is -2.41. The van der Waals surface area contributed by atoms with E-state index in [4.69, 9.17) is 4.99 Å². The van der Waals surface area contributed by atoms with Gasteiger partial charge in [-0.3, -0.25) is 4.99 Å². The zero-order valence-electron chi connectivity index (χ0n) is 14.1. The number of aliphatic imine (C=N–C) groups is 1. The Morgan fingerprint density at radius 3 is 2.67 bits per heavy atom. The van der Waals surface area contributed by atoms with Crippen molar-refractivity contribution in [2.75, 3.05) is 39.3 Å². The summed E-state index contributed by atoms with van der Waals surface area (Å²) in [7, 11) is 0. The van der Waals surface area contributed by atoms with Gasteiger partial charge in [0.1, 0.15) is 0 Å². The van der Waals surface area contributed by atoms with Gasteiger partial charge in [-0.1, -0.05) is 13.8 Å². The predicted octanol–water partition coefficient (Wildman–Crippen LogP) is 2.17. The van der Waals surface area contributed by atoms with E-state index in [1.807, 2.05) is 0 Å². The van der Waals surface area contributed by atoms with Crippen LogP contribution in [0.5, 0.6) is 0 Å². The van der Waals surface area contributed by atoms with Crippen molar-refractivity contribution in [1.82, 2.24) is 15.1 Å². The number of guanidine groups is 1. The van der Waals surface area contributed by atoms with E-state index in [1.54, 1.807) is 0 Å². The lowest BCUT2D eigenvalue weighted by atomic mass is 9.93. The number of nitrogens with one attached hydrogen (secondary N) is 1. The van der Waals surface area contributed by atoms with E-state index >= 15 is 0 Å². The van der Waals surface area contributed by atoms with Gasteiger partial charge in [-0.2, -0.15) is 0 Å². The third-order valence-electron chi connectivity index (χ3n) is 5.19. The molecular weight excluding hydrogens is 260 g/mol. The minimum absolute atomic E-state index is 0.437. The second-order valence-corrected chi connectivity index (χ2v) is 7.91. The van der Waals surface area contributed by atoms with Crippen molar-refractivity contribution < 1.29 is 0 Å². The summed E-state index contributed by atoms with van der Waals surface area (Å²) in [6.45, 7) is 13.7. The van der Waals surface area contributed by atoms with Gasteiger partial charge in [0.05, 0.1) is 0 Å². The highest BCUT2D eigenvalue weighted by Crippen LogP contribution is 2.32. The Morgan fingerprint density at radius 1 is 1.24 bits per heavy atom. The van der Waals surface area contributed by atoms with E-state index in [2.05, 4.69) is 35.9 Å². The highest BCUT2D eigenvalue weighted by Gasteiger charge is 2.34. The molecule has 4 heteroatoms. The fraction of sp³-hybridized carbons (Fsp3) is 0.941. The van der Waals surface area contributed by atoms with Crippen molar-refractivity contribution in [3.63, 3.8) is 0 Å². The van der Waals surface area contributed by atoms with E-state index in [-0.39, 0.29) is 0 Å². The third kappa shape index (κ3) is 3.91. The average molecular weight is 292 g/mol. The smallest absolute Gasteiger partial charge is 0.193 e. The molecule has 1 saturated carbocycles. The van der Waals surface area contributed by atoms with Crippen molar-refractivity contribution in [3.05, 3.63) is 0 Å². The van der Waals surface area contributed by atoms with Crippen molar-refractivity contribution in [3.8, 4) is 0 Å². The summed E-state index contributed by atoms with van der Waals surface area (Å²) in [5, 5.41) is 3.49. The molecule has 3 fully saturated rings. The van der Waals surface area contributed by atoms with Gasteiger partial charge in [0.2, 0.25) is 0 Å². The SMILES string of the molecule is CCNC(=NCC1CCN(C2CC2)C1)N1CCC(C)(C)C1. The minimum Gasteiger partial charge on any atom is -0.357 e. The van der Waals surface area contributed by atoms with Gasteiger partial charge in [0, 0.05) is 38.8 Å². The number of nitrogens with zero attached hydrogens (tertiary/aromatic N) is 3. The highest BCUT2D eigenvalue weighted by atomic mass is 15.3. The first kappa shape index (κ1) is 15.1. The Hall–Kier alpha value is -0.770. The molecule has 0 spiro atoms. The number of hydrogen-bond acceptors (Lipinski definition) is 2. The number of rotatable bonds is 4. The fourth-order valence-corrected chi connectivity index (χ4v) is 3.72. The molecule has 2 saturated heterocycles. The zero-order valence-corrected chi connectivity index (χ0v) is 14.1. The molecule has 0 amide bonds. The summed E-state index contributed by atoms with van der Waals surface area (Å²) >= 11 is 0. The summed E-state index contributed by atoms with van der Waals surface area (Å²) in [5.41, 5.74) is 0.437. The summed E-state index contributed by atoms with van der Waals surface area (Å²) < 4.78 is 0. The molecule has 3 aliphatic rings. The first-order valence-corrected chi connectivity index (χ1v) is 8.85. The van der Waals surface area contributed by atoms with Gasteiger partial charge in [-0.15, -0.1) is 0 Å². The maximum atomic E-state index is 4.96. The summed E-state index contributed by atoms with van der Waals surface area (Å²) in [4.78, 5) is 10.1. The monoisotopic (exact) mass is 292 g/mol. The van der Waals surface area contributed by atoms with Gasteiger partial charge in [-0.05, 0) is 50.5 Å². The van der Waals surface area contributed by atoms with E-state index in [1.165, 1.54) is 38.8 Å². The lowest BCUT2D eigenvalue weighted by molar-refractivity contribution is 0.315. The van der Waals surface area contributed by atoms with E-state index < -0.39 is 0 Å². The van der Waals surface area contributed by atoms with Gasteiger partial charge < -0.3 is 15.1 Å². The first-order valence-electron chi connectivity index (χ1n) is 8.85. The van der Waals surface area contributed by atoms with E-state index in [0.29, 0.717) is 5.41 Å². The summed E-state index contributed by atoms with van der Waals surface area (Å²) in [6, 6.07) is 0.923. The molecule has 0 bridgehead atoms. The largest absolute Gasteiger partial charge is 0.357 e. The van der Waals surface area contributed by atoms with Gasteiger partial charge in [0.15, 0.2) is 5.96 Å². The second-order valence-electron chi connectivity index (χ2n) is 7.91. The molecule has 3 rings (SSSR count). The molecule has 1 aliphatic carbocycles. The molecule has 21 heavy (non-hydrogen) atoms. The molecular formula is C17H32N4. The Kier molecular flexibility index (Phi) is 4.43. The molecule has 1 N–H and O–H groups in total. The topological polar surface area (TPSA) is 30.9 Å². The Labute approximate surface area is 130 Å². The minimum atomic E-state index is 0.437. The number of likely N-dealkylation sites (tertiary alicyclic amines) is 2. The van der Waals surface area contributed by atoms with Crippen LogP contribution in [0.1, 0.15) is 46.5 Å². The number of hydrogen-bond donors (Lipinski definition) is 1. The van der Waals surface area contributed by atoms with Crippen LogP contribution in [0.25, 0.3) is 0 Å². The molecule has 2 heterocycles. The average Bonchev–Trinajstić information content (AvgIpc) is 3.08. The van der Waals surface area contributed by atoms with Crippen LogP contribution in [0.3, 0.4) is 0 Å². The third-order valence-corrected chi connectivity index (χ3v) is 5.19. The Balaban J connectivity index is 1.53. The molecule has 0 radical (unpaired) electrons. The van der Waals surface area contributed by atoms with Crippen molar-refractivity contribution in [2.24, 2.45) is 16.3 Å². The van der Waals surface area contributed by atoms with Crippen LogP contribution < -0.4 is 5.32 Å². The molecule has 0 aromatic carbocycles. The zero-order chi connectivity index (χ0) is 14.9. The van der Waals surface area contributed by atoms with Crippen LogP contribution in [0, 0.1) is 11.3 Å². The van der Waals surface area contributed by atoms with Crippen molar-refractivity contribution >= 4 is 5.96 Å². The molecule has 120 valence electrons. The fourth-order valence-electron chi connectivity index (χ4n) is 3.72. The molecule has 1 unspecified atom stereocenters. The molecule has 0 aromatic rings. The van der Waals surface area contributed by atoms with Crippen LogP contribution in [-0.4, -0.2) is 61.1 Å². The Bertz CT molecular complexity index is 386. The van der Waals surface area contributed by atoms with Crippen molar-refractivity contribution in [2.45, 2.75) is 52.5 Å². The molecule has 4 nitrogen and oxygen atoms in total. The van der Waals surface area contributed by atoms with E-state index in [9.17, 15) is 0 Å². The summed E-state index contributed by atoms with van der Waals surface area (Å²) in [5.74, 6) is 1.92. The van der Waals surface area contributed by atoms with Crippen LogP contribution in [-0.2, 0) is 0 Å². The van der Waals surface area contributed by atoms with Crippen LogP contribution in [0.2, 0.25) is 0 Å². The lowest BCUT2D eigenvalue weighted by Gasteiger charge is -2.24. The standard InChI is InChI=1S/C17H32N4/c1-4-18-16(21-10-8-17(2,3)13-21)19-11-14-7-9-20(12-14)15-5-6-15/h14-15H,4-13H2,1-3H3,(H,18,19). The van der Waals surface area contributed by atoms with Crippen LogP contribution in [0.4, 0.5) is 0 Å². The quantitative estimate of drug-likeness (QED) is 0.636. The first-order chi connectivity index (χ1) is 10.1. The predicted molar refractivity (Wildman–Crippen MR) is 88.7 cm³/mol. The van der Waals surface area contributed by atoms with Gasteiger partial charge >= 0.3 is 0 Å². The maximum absolute atomic E-state index is 4.96. The molecule has 1 atom stereocenters. The van der Waals surface area contributed by atoms with Crippen LogP contribution >= 0.6 is 0 Å². The van der Waals surface area contributed by atoms with Crippen molar-refractivity contribution in [1.29, 1.82) is 0 Å². The van der Waals surface area contributed by atoms with E-state index in [0.717, 1.165) is 44.1 Å².